The summed E-state index contributed by atoms with van der Waals surface area (Å²) in [7, 11) is -3.56. The molecule has 0 aliphatic heterocycles. The van der Waals surface area contributed by atoms with Gasteiger partial charge < -0.3 is 11.1 Å². The number of carbonyl (C=O) groups is 1. The Balaban J connectivity index is 2.54. The van der Waals surface area contributed by atoms with E-state index in [-0.39, 0.29) is 10.9 Å². The molecule has 2 rings (SSSR count). The maximum Gasteiger partial charge on any atom is 0.272 e. The van der Waals surface area contributed by atoms with Gasteiger partial charge in [0.1, 0.15) is 0 Å². The standard InChI is InChI=1S/C15H22N4O3S/c1-4-15(5-2,10-16)18-13(20)12-11-8-6-7-9-19(11)14(17-12)23(3,21)22/h6-9H,4-5,10,16H2,1-3H3,(H,18,20). The lowest BCUT2D eigenvalue weighted by atomic mass is 9.93. The van der Waals surface area contributed by atoms with Crippen LogP contribution in [0.25, 0.3) is 5.52 Å². The molecule has 23 heavy (non-hydrogen) atoms. The Morgan fingerprint density at radius 1 is 1.35 bits per heavy atom. The fourth-order valence-corrected chi connectivity index (χ4v) is 3.28. The predicted octanol–water partition coefficient (Wildman–Crippen LogP) is 0.985. The van der Waals surface area contributed by atoms with Crippen molar-refractivity contribution in [1.29, 1.82) is 0 Å². The molecule has 2 heterocycles. The summed E-state index contributed by atoms with van der Waals surface area (Å²) in [6.07, 6.45) is 4.00. The van der Waals surface area contributed by atoms with Crippen molar-refractivity contribution < 1.29 is 13.2 Å². The molecular weight excluding hydrogens is 316 g/mol. The number of nitrogens with one attached hydrogen (secondary N) is 1. The number of pyridine rings is 1. The van der Waals surface area contributed by atoms with Crippen molar-refractivity contribution in [2.45, 2.75) is 37.4 Å². The number of nitrogens with zero attached hydrogens (tertiary/aromatic N) is 2. The second kappa shape index (κ2) is 6.29. The fourth-order valence-electron chi connectivity index (χ4n) is 2.50. The van der Waals surface area contributed by atoms with Crippen LogP contribution in [0.2, 0.25) is 0 Å². The lowest BCUT2D eigenvalue weighted by Crippen LogP contribution is -2.53. The number of sulfone groups is 1. The largest absolute Gasteiger partial charge is 0.344 e. The van der Waals surface area contributed by atoms with Crippen LogP contribution in [0.15, 0.2) is 29.6 Å². The van der Waals surface area contributed by atoms with Crippen LogP contribution in [0.1, 0.15) is 37.2 Å². The third-order valence-electron chi connectivity index (χ3n) is 4.19. The minimum absolute atomic E-state index is 0.0887. The molecule has 8 heteroatoms. The molecule has 2 aromatic heterocycles. The Morgan fingerprint density at radius 3 is 2.52 bits per heavy atom. The van der Waals surface area contributed by atoms with E-state index in [1.807, 2.05) is 13.8 Å². The first-order valence-electron chi connectivity index (χ1n) is 7.47. The summed E-state index contributed by atoms with van der Waals surface area (Å²) in [6.45, 7) is 4.20. The zero-order valence-electron chi connectivity index (χ0n) is 13.5. The highest BCUT2D eigenvalue weighted by Crippen LogP contribution is 2.19. The molecule has 0 aliphatic carbocycles. The highest BCUT2D eigenvalue weighted by Gasteiger charge is 2.30. The highest BCUT2D eigenvalue weighted by molar-refractivity contribution is 7.90. The molecule has 0 unspecified atom stereocenters. The average Bonchev–Trinajstić information content (AvgIpc) is 2.92. The molecule has 0 fully saturated rings. The van der Waals surface area contributed by atoms with E-state index in [0.717, 1.165) is 6.26 Å². The van der Waals surface area contributed by atoms with Gasteiger partial charge in [0.2, 0.25) is 15.0 Å². The van der Waals surface area contributed by atoms with Crippen molar-refractivity contribution in [3.8, 4) is 0 Å². The Bertz CT molecular complexity index is 814. The van der Waals surface area contributed by atoms with Crippen LogP contribution in [0.3, 0.4) is 0 Å². The van der Waals surface area contributed by atoms with Gasteiger partial charge in [-0.2, -0.15) is 0 Å². The summed E-state index contributed by atoms with van der Waals surface area (Å²) in [5, 5.41) is 2.77. The van der Waals surface area contributed by atoms with E-state index in [9.17, 15) is 13.2 Å². The van der Waals surface area contributed by atoms with Gasteiger partial charge in [-0.05, 0) is 25.0 Å². The third-order valence-corrected chi connectivity index (χ3v) is 5.14. The summed E-state index contributed by atoms with van der Waals surface area (Å²) in [5.41, 5.74) is 5.82. The summed E-state index contributed by atoms with van der Waals surface area (Å²) >= 11 is 0. The maximum absolute atomic E-state index is 12.7. The average molecular weight is 338 g/mol. The lowest BCUT2D eigenvalue weighted by Gasteiger charge is -2.31. The van der Waals surface area contributed by atoms with Gasteiger partial charge in [-0.3, -0.25) is 9.20 Å². The zero-order chi connectivity index (χ0) is 17.3. The zero-order valence-corrected chi connectivity index (χ0v) is 14.4. The molecular formula is C15H22N4O3S. The molecule has 0 saturated heterocycles. The van der Waals surface area contributed by atoms with Crippen LogP contribution >= 0.6 is 0 Å². The smallest absolute Gasteiger partial charge is 0.272 e. The number of aromatic nitrogens is 2. The van der Waals surface area contributed by atoms with Crippen LogP contribution < -0.4 is 11.1 Å². The van der Waals surface area contributed by atoms with Gasteiger partial charge in [-0.15, -0.1) is 0 Å². The quantitative estimate of drug-likeness (QED) is 0.817. The highest BCUT2D eigenvalue weighted by atomic mass is 32.2. The van der Waals surface area contributed by atoms with Crippen LogP contribution in [-0.4, -0.2) is 42.0 Å². The van der Waals surface area contributed by atoms with Crippen molar-refractivity contribution in [3.05, 3.63) is 30.1 Å². The van der Waals surface area contributed by atoms with E-state index in [4.69, 9.17) is 5.73 Å². The molecule has 0 radical (unpaired) electrons. The Morgan fingerprint density at radius 2 is 2.00 bits per heavy atom. The van der Waals surface area contributed by atoms with E-state index in [1.54, 1.807) is 24.4 Å². The van der Waals surface area contributed by atoms with Crippen LogP contribution in [-0.2, 0) is 9.84 Å². The first-order chi connectivity index (χ1) is 10.8. The summed E-state index contributed by atoms with van der Waals surface area (Å²) in [6, 6.07) is 5.08. The van der Waals surface area contributed by atoms with Gasteiger partial charge in [0, 0.05) is 19.0 Å². The van der Waals surface area contributed by atoms with Crippen LogP contribution in [0.4, 0.5) is 0 Å². The molecule has 0 aliphatic rings. The first kappa shape index (κ1) is 17.4. The monoisotopic (exact) mass is 338 g/mol. The normalized spacial score (nSPS) is 12.5. The molecule has 0 atom stereocenters. The molecule has 1 amide bonds. The van der Waals surface area contributed by atoms with Crippen molar-refractivity contribution in [3.63, 3.8) is 0 Å². The first-order valence-corrected chi connectivity index (χ1v) is 9.37. The van der Waals surface area contributed by atoms with E-state index in [0.29, 0.717) is 24.9 Å². The Hall–Kier alpha value is -1.93. The summed E-state index contributed by atoms with van der Waals surface area (Å²) < 4.78 is 25.2. The van der Waals surface area contributed by atoms with Gasteiger partial charge in [0.25, 0.3) is 5.91 Å². The minimum Gasteiger partial charge on any atom is -0.344 e. The number of imidazole rings is 1. The number of amides is 1. The number of fused-ring (bicyclic) bond motifs is 1. The molecule has 0 aromatic carbocycles. The summed E-state index contributed by atoms with van der Waals surface area (Å²) in [4.78, 5) is 16.7. The van der Waals surface area contributed by atoms with E-state index < -0.39 is 21.3 Å². The van der Waals surface area contributed by atoms with Gasteiger partial charge in [0.15, 0.2) is 5.69 Å². The maximum atomic E-state index is 12.7. The molecule has 0 saturated carbocycles. The number of carbonyl (C=O) groups excluding carboxylic acids is 1. The van der Waals surface area contributed by atoms with E-state index in [2.05, 4.69) is 10.3 Å². The summed E-state index contributed by atoms with van der Waals surface area (Å²) in [5.74, 6) is -0.419. The molecule has 2 aromatic rings. The molecule has 3 N–H and O–H groups in total. The lowest BCUT2D eigenvalue weighted by molar-refractivity contribution is 0.0892. The topological polar surface area (TPSA) is 107 Å². The molecule has 126 valence electrons. The minimum atomic E-state index is -3.56. The van der Waals surface area contributed by atoms with Crippen molar-refractivity contribution in [1.82, 2.24) is 14.7 Å². The van der Waals surface area contributed by atoms with Gasteiger partial charge >= 0.3 is 0 Å². The predicted molar refractivity (Wildman–Crippen MR) is 88.1 cm³/mol. The second-order valence-electron chi connectivity index (χ2n) is 5.62. The molecule has 0 bridgehead atoms. The van der Waals surface area contributed by atoms with Gasteiger partial charge in [-0.25, -0.2) is 13.4 Å². The van der Waals surface area contributed by atoms with Crippen LogP contribution in [0, 0.1) is 0 Å². The fraction of sp³-hybridized carbons (Fsp3) is 0.467. The Kier molecular flexibility index (Phi) is 4.76. The van der Waals surface area contributed by atoms with Crippen molar-refractivity contribution >= 4 is 21.3 Å². The van der Waals surface area contributed by atoms with Gasteiger partial charge in [-0.1, -0.05) is 19.9 Å². The molecule has 0 spiro atoms. The van der Waals surface area contributed by atoms with E-state index >= 15 is 0 Å². The number of hydrogen-bond donors (Lipinski definition) is 2. The number of hydrogen-bond acceptors (Lipinski definition) is 5. The third kappa shape index (κ3) is 3.23. The number of nitrogens with two attached hydrogens (primary N) is 1. The van der Waals surface area contributed by atoms with Crippen molar-refractivity contribution in [2.24, 2.45) is 5.73 Å². The Labute approximate surface area is 135 Å². The van der Waals surface area contributed by atoms with Crippen molar-refractivity contribution in [2.75, 3.05) is 12.8 Å². The van der Waals surface area contributed by atoms with Gasteiger partial charge in [0.05, 0.1) is 11.1 Å². The van der Waals surface area contributed by atoms with Crippen LogP contribution in [0.5, 0.6) is 0 Å². The van der Waals surface area contributed by atoms with E-state index in [1.165, 1.54) is 4.40 Å². The SMILES string of the molecule is CCC(CC)(CN)NC(=O)c1nc(S(C)(=O)=O)n2ccccc12. The second-order valence-corrected chi connectivity index (χ2v) is 7.53. The molecule has 7 nitrogen and oxygen atoms in total. The number of rotatable bonds is 6.